The zero-order valence-electron chi connectivity index (χ0n) is 17.1. The van der Waals surface area contributed by atoms with E-state index in [9.17, 15) is 9.59 Å². The van der Waals surface area contributed by atoms with Gasteiger partial charge in [0.2, 0.25) is 0 Å². The van der Waals surface area contributed by atoms with Crippen molar-refractivity contribution in [2.75, 3.05) is 37.7 Å². The number of hydrogen-bond acceptors (Lipinski definition) is 6. The normalized spacial score (nSPS) is 14.2. The smallest absolute Gasteiger partial charge is 0.260 e. The quantitative estimate of drug-likeness (QED) is 0.797. The highest BCUT2D eigenvalue weighted by Crippen LogP contribution is 2.20. The first-order valence-corrected chi connectivity index (χ1v) is 9.75. The van der Waals surface area contributed by atoms with E-state index in [1.165, 1.54) is 0 Å². The monoisotopic (exact) mass is 397 g/mol. The summed E-state index contributed by atoms with van der Waals surface area (Å²) in [7, 11) is 0. The second kappa shape index (κ2) is 8.89. The minimum Gasteiger partial charge on any atom is -0.483 e. The van der Waals surface area contributed by atoms with Crippen molar-refractivity contribution < 1.29 is 14.3 Å². The summed E-state index contributed by atoms with van der Waals surface area (Å²) in [4.78, 5) is 37.1. The van der Waals surface area contributed by atoms with E-state index in [1.54, 1.807) is 29.2 Å². The van der Waals surface area contributed by atoms with Crippen LogP contribution in [-0.4, -0.2) is 59.5 Å². The molecule has 2 heterocycles. The van der Waals surface area contributed by atoms with Gasteiger partial charge in [0.05, 0.1) is 5.56 Å². The Kier molecular flexibility index (Phi) is 6.31. The van der Waals surface area contributed by atoms with Crippen LogP contribution < -0.4 is 15.4 Å². The van der Waals surface area contributed by atoms with Crippen LogP contribution in [0.1, 0.15) is 41.6 Å². The zero-order valence-corrected chi connectivity index (χ0v) is 17.1. The molecule has 1 fully saturated rings. The van der Waals surface area contributed by atoms with Crippen LogP contribution in [0, 0.1) is 6.92 Å². The minimum absolute atomic E-state index is 0.120. The molecule has 0 atom stereocenters. The molecule has 3 rings (SSSR count). The molecule has 2 N–H and O–H groups in total. The molecule has 2 aromatic rings. The summed E-state index contributed by atoms with van der Waals surface area (Å²) < 4.78 is 5.56. The Morgan fingerprint density at radius 1 is 1.14 bits per heavy atom. The maximum atomic E-state index is 12.5. The number of amides is 2. The van der Waals surface area contributed by atoms with Crippen LogP contribution in [-0.2, 0) is 4.79 Å². The van der Waals surface area contributed by atoms with E-state index in [2.05, 4.69) is 28.7 Å². The van der Waals surface area contributed by atoms with Gasteiger partial charge in [-0.2, -0.15) is 0 Å². The summed E-state index contributed by atoms with van der Waals surface area (Å²) in [6.45, 7) is 8.54. The predicted octanol–water partition coefficient (Wildman–Crippen LogP) is 1.73. The molecule has 0 bridgehead atoms. The van der Waals surface area contributed by atoms with Crippen LogP contribution in [0.15, 0.2) is 30.3 Å². The average Bonchev–Trinajstić information content (AvgIpc) is 2.71. The highest BCUT2D eigenvalue weighted by molar-refractivity contribution is 5.95. The number of carbonyl (C=O) groups is 2. The first kappa shape index (κ1) is 20.6. The maximum Gasteiger partial charge on any atom is 0.260 e. The Morgan fingerprint density at radius 2 is 1.83 bits per heavy atom. The van der Waals surface area contributed by atoms with Gasteiger partial charge in [-0.3, -0.25) is 9.59 Å². The summed E-state index contributed by atoms with van der Waals surface area (Å²) in [5.41, 5.74) is 6.56. The molecule has 1 saturated heterocycles. The van der Waals surface area contributed by atoms with Crippen molar-refractivity contribution in [3.05, 3.63) is 47.4 Å². The average molecular weight is 397 g/mol. The number of carbonyl (C=O) groups excluding carboxylic acids is 2. The van der Waals surface area contributed by atoms with E-state index in [0.717, 1.165) is 17.3 Å². The molecular weight excluding hydrogens is 370 g/mol. The summed E-state index contributed by atoms with van der Waals surface area (Å²) in [5.74, 6) is 1.62. The molecule has 0 saturated carbocycles. The van der Waals surface area contributed by atoms with Crippen molar-refractivity contribution in [2.24, 2.45) is 5.73 Å². The predicted molar refractivity (Wildman–Crippen MR) is 110 cm³/mol. The number of piperazine rings is 1. The first-order valence-electron chi connectivity index (χ1n) is 9.75. The van der Waals surface area contributed by atoms with Gasteiger partial charge in [-0.15, -0.1) is 0 Å². The number of benzene rings is 1. The molecule has 8 nitrogen and oxygen atoms in total. The minimum atomic E-state index is -0.581. The van der Waals surface area contributed by atoms with Crippen LogP contribution in [0.2, 0.25) is 0 Å². The third-order valence-corrected chi connectivity index (χ3v) is 4.83. The van der Waals surface area contributed by atoms with Gasteiger partial charge in [0, 0.05) is 43.9 Å². The number of aryl methyl sites for hydroxylation is 1. The Hall–Kier alpha value is -3.16. The van der Waals surface area contributed by atoms with E-state index in [1.807, 2.05) is 13.0 Å². The standard InChI is InChI=1S/C21H27N5O3/c1-14(2)21-23-15(3)12-18(24-21)25-8-10-26(11-9-25)19(27)13-29-17-7-5-4-6-16(17)20(22)28/h4-7,12,14H,8-11,13H2,1-3H3,(H2,22,28). The Bertz CT molecular complexity index is 892. The Morgan fingerprint density at radius 3 is 2.48 bits per heavy atom. The molecule has 0 unspecified atom stereocenters. The van der Waals surface area contributed by atoms with Crippen molar-refractivity contribution >= 4 is 17.6 Å². The number of nitrogens with two attached hydrogens (primary N) is 1. The molecule has 8 heteroatoms. The molecule has 0 radical (unpaired) electrons. The van der Waals surface area contributed by atoms with Crippen molar-refractivity contribution in [2.45, 2.75) is 26.7 Å². The summed E-state index contributed by atoms with van der Waals surface area (Å²) >= 11 is 0. The lowest BCUT2D eigenvalue weighted by atomic mass is 10.2. The van der Waals surface area contributed by atoms with E-state index in [0.29, 0.717) is 31.9 Å². The SMILES string of the molecule is Cc1cc(N2CCN(C(=O)COc3ccccc3C(N)=O)CC2)nc(C(C)C)n1. The van der Waals surface area contributed by atoms with Crippen LogP contribution in [0.4, 0.5) is 5.82 Å². The highest BCUT2D eigenvalue weighted by atomic mass is 16.5. The fraction of sp³-hybridized carbons (Fsp3) is 0.429. The van der Waals surface area contributed by atoms with Gasteiger partial charge in [-0.05, 0) is 19.1 Å². The van der Waals surface area contributed by atoms with Gasteiger partial charge in [0.1, 0.15) is 17.4 Å². The molecule has 1 aliphatic rings. The number of hydrogen-bond donors (Lipinski definition) is 1. The summed E-state index contributed by atoms with van der Waals surface area (Å²) in [6, 6.07) is 8.63. The van der Waals surface area contributed by atoms with E-state index < -0.39 is 5.91 Å². The molecular formula is C21H27N5O3. The largest absolute Gasteiger partial charge is 0.483 e. The number of para-hydroxylation sites is 1. The molecule has 2 amide bonds. The molecule has 1 aromatic carbocycles. The number of ether oxygens (including phenoxy) is 1. The van der Waals surface area contributed by atoms with Gasteiger partial charge in [-0.25, -0.2) is 9.97 Å². The topological polar surface area (TPSA) is 102 Å². The van der Waals surface area contributed by atoms with Gasteiger partial charge < -0.3 is 20.3 Å². The van der Waals surface area contributed by atoms with E-state index >= 15 is 0 Å². The van der Waals surface area contributed by atoms with Crippen molar-refractivity contribution in [1.29, 1.82) is 0 Å². The van der Waals surface area contributed by atoms with Crippen molar-refractivity contribution in [1.82, 2.24) is 14.9 Å². The number of rotatable bonds is 6. The molecule has 0 spiro atoms. The lowest BCUT2D eigenvalue weighted by Gasteiger charge is -2.35. The number of nitrogens with zero attached hydrogens (tertiary/aromatic N) is 4. The maximum absolute atomic E-state index is 12.5. The van der Waals surface area contributed by atoms with Gasteiger partial charge >= 0.3 is 0 Å². The lowest BCUT2D eigenvalue weighted by molar-refractivity contribution is -0.133. The fourth-order valence-electron chi connectivity index (χ4n) is 3.21. The van der Waals surface area contributed by atoms with Gasteiger partial charge in [-0.1, -0.05) is 26.0 Å². The number of aromatic nitrogens is 2. The third kappa shape index (κ3) is 5.01. The van der Waals surface area contributed by atoms with Crippen LogP contribution >= 0.6 is 0 Å². The van der Waals surface area contributed by atoms with Crippen LogP contribution in [0.5, 0.6) is 5.75 Å². The summed E-state index contributed by atoms with van der Waals surface area (Å²) in [6.07, 6.45) is 0. The molecule has 29 heavy (non-hydrogen) atoms. The van der Waals surface area contributed by atoms with Crippen LogP contribution in [0.3, 0.4) is 0 Å². The van der Waals surface area contributed by atoms with E-state index in [-0.39, 0.29) is 24.0 Å². The third-order valence-electron chi connectivity index (χ3n) is 4.83. The number of primary amides is 1. The lowest BCUT2D eigenvalue weighted by Crippen LogP contribution is -2.50. The van der Waals surface area contributed by atoms with E-state index in [4.69, 9.17) is 10.5 Å². The summed E-state index contributed by atoms with van der Waals surface area (Å²) in [5, 5.41) is 0. The fourth-order valence-corrected chi connectivity index (χ4v) is 3.21. The molecule has 0 aliphatic carbocycles. The first-order chi connectivity index (χ1) is 13.8. The van der Waals surface area contributed by atoms with Gasteiger partial charge in [0.15, 0.2) is 6.61 Å². The van der Waals surface area contributed by atoms with Gasteiger partial charge in [0.25, 0.3) is 11.8 Å². The second-order valence-electron chi connectivity index (χ2n) is 7.40. The molecule has 1 aromatic heterocycles. The Balaban J connectivity index is 1.57. The molecule has 154 valence electrons. The highest BCUT2D eigenvalue weighted by Gasteiger charge is 2.23. The van der Waals surface area contributed by atoms with Crippen molar-refractivity contribution in [3.63, 3.8) is 0 Å². The van der Waals surface area contributed by atoms with Crippen molar-refractivity contribution in [3.8, 4) is 5.75 Å². The number of anilines is 1. The second-order valence-corrected chi connectivity index (χ2v) is 7.40. The Labute approximate surface area is 170 Å². The molecule has 1 aliphatic heterocycles. The zero-order chi connectivity index (χ0) is 21.0. The van der Waals surface area contributed by atoms with Crippen LogP contribution in [0.25, 0.3) is 0 Å².